The number of carbonyl (C=O) groups is 1. The first kappa shape index (κ1) is 24.9. The average Bonchev–Trinajstić information content (AvgIpc) is 3.17. The molecule has 0 fully saturated rings. The van der Waals surface area contributed by atoms with Gasteiger partial charge in [0.2, 0.25) is 5.88 Å². The van der Waals surface area contributed by atoms with Crippen molar-refractivity contribution in [3.8, 4) is 11.6 Å². The van der Waals surface area contributed by atoms with Crippen LogP contribution in [0, 0.1) is 6.92 Å². The van der Waals surface area contributed by atoms with Crippen LogP contribution in [-0.2, 0) is 17.9 Å². The third-order valence-electron chi connectivity index (χ3n) is 5.45. The molecule has 0 radical (unpaired) electrons. The molecule has 0 aliphatic carbocycles. The molecule has 3 aromatic rings. The molecule has 0 spiro atoms. The van der Waals surface area contributed by atoms with Crippen LogP contribution in [0.15, 0.2) is 24.3 Å². The lowest BCUT2D eigenvalue weighted by Gasteiger charge is -2.19. The van der Waals surface area contributed by atoms with Crippen molar-refractivity contribution < 1.29 is 19.0 Å². The number of nitrogens with zero attached hydrogens (tertiary/aromatic N) is 3. The maximum Gasteiger partial charge on any atom is 0.261 e. The summed E-state index contributed by atoms with van der Waals surface area (Å²) in [6.45, 7) is 10.3. The molecule has 9 heteroatoms. The van der Waals surface area contributed by atoms with Crippen LogP contribution in [0.4, 0.5) is 0 Å². The van der Waals surface area contributed by atoms with Crippen molar-refractivity contribution in [3.63, 3.8) is 0 Å². The van der Waals surface area contributed by atoms with E-state index in [1.807, 2.05) is 31.2 Å². The van der Waals surface area contributed by atoms with Crippen LogP contribution in [0.1, 0.15) is 40.5 Å². The number of aromatic nitrogens is 2. The van der Waals surface area contributed by atoms with Crippen LogP contribution >= 0.6 is 11.3 Å². The summed E-state index contributed by atoms with van der Waals surface area (Å²) in [5.41, 5.74) is 1.74. The molecule has 2 aromatic heterocycles. The van der Waals surface area contributed by atoms with Crippen LogP contribution in [-0.4, -0.2) is 61.2 Å². The third-order valence-corrected chi connectivity index (χ3v) is 6.63. The summed E-state index contributed by atoms with van der Waals surface area (Å²) in [4.78, 5) is 25.6. The Labute approximate surface area is 198 Å². The number of hydrogen-bond donors (Lipinski definition) is 1. The Morgan fingerprint density at radius 1 is 1.15 bits per heavy atom. The van der Waals surface area contributed by atoms with E-state index in [4.69, 9.17) is 14.2 Å². The Balaban J connectivity index is 1.73. The molecule has 33 heavy (non-hydrogen) atoms. The number of fused-ring (bicyclic) bond motifs is 1. The van der Waals surface area contributed by atoms with Crippen molar-refractivity contribution in [2.24, 2.45) is 0 Å². The van der Waals surface area contributed by atoms with Crippen molar-refractivity contribution >= 4 is 27.5 Å². The summed E-state index contributed by atoms with van der Waals surface area (Å²) in [7, 11) is 3.15. The average molecular weight is 473 g/mol. The zero-order valence-corrected chi connectivity index (χ0v) is 20.8. The maximum atomic E-state index is 13.0. The molecule has 0 aliphatic heterocycles. The Hall–Kier alpha value is -2.75. The number of para-hydroxylation sites is 1. The highest BCUT2D eigenvalue weighted by Gasteiger charge is 2.21. The minimum atomic E-state index is -0.163. The first-order chi connectivity index (χ1) is 16.0. The highest BCUT2D eigenvalue weighted by Crippen LogP contribution is 2.35. The number of methoxy groups -OCH3 is 2. The van der Waals surface area contributed by atoms with Crippen LogP contribution < -0.4 is 14.8 Å². The molecular formula is C24H32N4O4S. The Bertz CT molecular complexity index is 1080. The minimum Gasteiger partial charge on any atom is -0.492 e. The molecule has 0 saturated heterocycles. The van der Waals surface area contributed by atoms with E-state index >= 15 is 0 Å². The van der Waals surface area contributed by atoms with E-state index in [-0.39, 0.29) is 12.5 Å². The summed E-state index contributed by atoms with van der Waals surface area (Å²) in [6.07, 6.45) is 0. The van der Waals surface area contributed by atoms with E-state index in [1.54, 1.807) is 14.2 Å². The quantitative estimate of drug-likeness (QED) is 0.429. The van der Waals surface area contributed by atoms with Gasteiger partial charge in [-0.1, -0.05) is 32.0 Å². The maximum absolute atomic E-state index is 13.0. The first-order valence-electron chi connectivity index (χ1n) is 11.1. The van der Waals surface area contributed by atoms with E-state index in [9.17, 15) is 4.79 Å². The van der Waals surface area contributed by atoms with Crippen molar-refractivity contribution in [1.29, 1.82) is 0 Å². The van der Waals surface area contributed by atoms with E-state index < -0.39 is 0 Å². The molecule has 178 valence electrons. The number of carbonyl (C=O) groups excluding carboxylic acids is 1. The van der Waals surface area contributed by atoms with Gasteiger partial charge in [-0.05, 0) is 31.6 Å². The summed E-state index contributed by atoms with van der Waals surface area (Å²) in [5, 5.41) is 3.78. The summed E-state index contributed by atoms with van der Waals surface area (Å²) < 4.78 is 16.6. The number of likely N-dealkylation sites (N-methyl/N-ethyl adjacent to an activating group) is 1. The summed E-state index contributed by atoms with van der Waals surface area (Å²) >= 11 is 1.33. The fourth-order valence-electron chi connectivity index (χ4n) is 3.57. The predicted molar refractivity (Wildman–Crippen MR) is 130 cm³/mol. The lowest BCUT2D eigenvalue weighted by Crippen LogP contribution is -2.28. The molecule has 1 amide bonds. The number of rotatable bonds is 12. The Morgan fingerprint density at radius 2 is 1.91 bits per heavy atom. The number of nitrogens with one attached hydrogen (secondary N) is 1. The van der Waals surface area contributed by atoms with E-state index in [2.05, 4.69) is 34.0 Å². The van der Waals surface area contributed by atoms with E-state index in [0.29, 0.717) is 34.6 Å². The molecule has 1 N–H and O–H groups in total. The van der Waals surface area contributed by atoms with Gasteiger partial charge in [-0.25, -0.2) is 4.98 Å². The zero-order chi connectivity index (χ0) is 23.8. The van der Waals surface area contributed by atoms with Gasteiger partial charge in [-0.15, -0.1) is 11.3 Å². The van der Waals surface area contributed by atoms with Gasteiger partial charge >= 0.3 is 0 Å². The van der Waals surface area contributed by atoms with Crippen molar-refractivity contribution in [1.82, 2.24) is 20.2 Å². The summed E-state index contributed by atoms with van der Waals surface area (Å²) in [5.74, 6) is 1.59. The van der Waals surface area contributed by atoms with Crippen molar-refractivity contribution in [2.75, 3.05) is 40.5 Å². The SMILES string of the molecule is CCN(CC)CCOc1ccccc1CNC(=O)c1sc2nc(COC)nc(OC)c2c1C. The van der Waals surface area contributed by atoms with Crippen LogP contribution in [0.3, 0.4) is 0 Å². The topological polar surface area (TPSA) is 85.8 Å². The van der Waals surface area contributed by atoms with Crippen LogP contribution in [0.5, 0.6) is 11.6 Å². The molecule has 1 aromatic carbocycles. The monoisotopic (exact) mass is 472 g/mol. The standard InChI is InChI=1S/C24H32N4O4S/c1-6-28(7-2)12-13-32-18-11-9-8-10-17(18)14-25-22(29)21-16(3)20-23(31-5)26-19(15-30-4)27-24(20)33-21/h8-11H,6-7,12-15H2,1-5H3,(H,25,29). The van der Waals surface area contributed by atoms with Gasteiger partial charge in [0.1, 0.15) is 23.8 Å². The predicted octanol–water partition coefficient (Wildman–Crippen LogP) is 3.81. The second-order valence-corrected chi connectivity index (χ2v) is 8.48. The molecule has 0 aliphatic rings. The lowest BCUT2D eigenvalue weighted by atomic mass is 10.2. The van der Waals surface area contributed by atoms with Gasteiger partial charge in [0.05, 0.1) is 17.4 Å². The molecule has 0 unspecified atom stereocenters. The van der Waals surface area contributed by atoms with Gasteiger partial charge in [0.15, 0.2) is 5.82 Å². The number of thiophene rings is 1. The number of ether oxygens (including phenoxy) is 3. The molecule has 0 bridgehead atoms. The van der Waals surface area contributed by atoms with Gasteiger partial charge < -0.3 is 24.4 Å². The molecule has 0 saturated carbocycles. The van der Waals surface area contributed by atoms with Crippen molar-refractivity contribution in [2.45, 2.75) is 33.9 Å². The molecule has 3 rings (SSSR count). The third kappa shape index (κ3) is 5.98. The van der Waals surface area contributed by atoms with Crippen LogP contribution in [0.25, 0.3) is 10.2 Å². The highest BCUT2D eigenvalue weighted by molar-refractivity contribution is 7.20. The van der Waals surface area contributed by atoms with Gasteiger partial charge in [-0.3, -0.25) is 4.79 Å². The fraction of sp³-hybridized carbons (Fsp3) is 0.458. The zero-order valence-electron chi connectivity index (χ0n) is 19.9. The second kappa shape index (κ2) is 11.9. The van der Waals surface area contributed by atoms with Crippen LogP contribution in [0.2, 0.25) is 0 Å². The molecule has 0 atom stereocenters. The highest BCUT2D eigenvalue weighted by atomic mass is 32.1. The fourth-order valence-corrected chi connectivity index (χ4v) is 4.68. The lowest BCUT2D eigenvalue weighted by molar-refractivity contribution is 0.0954. The number of amides is 1. The van der Waals surface area contributed by atoms with Crippen molar-refractivity contribution in [3.05, 3.63) is 46.1 Å². The first-order valence-corrected chi connectivity index (χ1v) is 11.9. The Morgan fingerprint density at radius 3 is 2.61 bits per heavy atom. The minimum absolute atomic E-state index is 0.163. The second-order valence-electron chi connectivity index (χ2n) is 7.48. The van der Waals surface area contributed by atoms with Gasteiger partial charge in [-0.2, -0.15) is 4.98 Å². The molecular weight excluding hydrogens is 440 g/mol. The van der Waals surface area contributed by atoms with E-state index in [0.717, 1.165) is 41.9 Å². The van der Waals surface area contributed by atoms with Gasteiger partial charge in [0, 0.05) is 25.8 Å². The normalized spacial score (nSPS) is 11.2. The smallest absolute Gasteiger partial charge is 0.261 e. The number of benzene rings is 1. The van der Waals surface area contributed by atoms with E-state index in [1.165, 1.54) is 11.3 Å². The summed E-state index contributed by atoms with van der Waals surface area (Å²) in [6, 6.07) is 7.79. The Kier molecular flexibility index (Phi) is 8.99. The molecule has 8 nitrogen and oxygen atoms in total. The number of aryl methyl sites for hydroxylation is 1. The van der Waals surface area contributed by atoms with Gasteiger partial charge in [0.25, 0.3) is 5.91 Å². The molecule has 2 heterocycles. The number of hydrogen-bond acceptors (Lipinski definition) is 8. The largest absolute Gasteiger partial charge is 0.492 e.